The van der Waals surface area contributed by atoms with E-state index in [-0.39, 0.29) is 0 Å². The number of methoxy groups -OCH3 is 1. The number of allylic oxidation sites excluding steroid dienone is 1. The molecule has 0 aromatic heterocycles. The molecule has 0 aromatic rings. The molecular formula is C10H10O5. The third kappa shape index (κ3) is 1.44. The molecule has 0 spiro atoms. The zero-order chi connectivity index (χ0) is 11.0. The van der Waals surface area contributed by atoms with Crippen LogP contribution in [0.4, 0.5) is 0 Å². The van der Waals surface area contributed by atoms with Crippen LogP contribution in [0.3, 0.4) is 0 Å². The van der Waals surface area contributed by atoms with Crippen molar-refractivity contribution in [2.75, 3.05) is 7.11 Å². The summed E-state index contributed by atoms with van der Waals surface area (Å²) in [6.07, 6.45) is 3.76. The number of cyclic esters (lactones) is 2. The summed E-state index contributed by atoms with van der Waals surface area (Å²) in [5.41, 5.74) is 0. The summed E-state index contributed by atoms with van der Waals surface area (Å²) in [5.74, 6) is -3.57. The summed E-state index contributed by atoms with van der Waals surface area (Å²) in [6, 6.07) is 0. The number of carbonyl (C=O) groups is 3. The standard InChI is InChI=1S/C10H10O5/c1-14-8(11)5-3-2-4-6-7(5)10(13)15-9(6)12/h2-3,5-7H,4H2,1H3. The van der Waals surface area contributed by atoms with Gasteiger partial charge >= 0.3 is 17.9 Å². The summed E-state index contributed by atoms with van der Waals surface area (Å²) >= 11 is 0. The number of esters is 3. The molecule has 0 aromatic carbocycles. The van der Waals surface area contributed by atoms with Gasteiger partial charge in [-0.1, -0.05) is 12.2 Å². The van der Waals surface area contributed by atoms with Crippen LogP contribution in [-0.2, 0) is 23.9 Å². The van der Waals surface area contributed by atoms with Gasteiger partial charge in [0.1, 0.15) is 0 Å². The first-order valence-corrected chi connectivity index (χ1v) is 4.65. The van der Waals surface area contributed by atoms with Gasteiger partial charge in [0, 0.05) is 0 Å². The summed E-state index contributed by atoms with van der Waals surface area (Å²) < 4.78 is 9.08. The average molecular weight is 210 g/mol. The van der Waals surface area contributed by atoms with Crippen molar-refractivity contribution in [2.45, 2.75) is 6.42 Å². The molecule has 80 valence electrons. The van der Waals surface area contributed by atoms with Crippen LogP contribution < -0.4 is 0 Å². The molecule has 1 heterocycles. The van der Waals surface area contributed by atoms with Gasteiger partial charge in [-0.15, -0.1) is 0 Å². The fourth-order valence-electron chi connectivity index (χ4n) is 2.05. The molecule has 15 heavy (non-hydrogen) atoms. The van der Waals surface area contributed by atoms with Crippen molar-refractivity contribution in [1.29, 1.82) is 0 Å². The molecule has 1 saturated heterocycles. The predicted molar refractivity (Wildman–Crippen MR) is 47.3 cm³/mol. The molecule has 5 heteroatoms. The third-order valence-corrected chi connectivity index (χ3v) is 2.80. The lowest BCUT2D eigenvalue weighted by Crippen LogP contribution is -2.33. The molecule has 0 radical (unpaired) electrons. The Balaban J connectivity index is 2.30. The first-order valence-electron chi connectivity index (χ1n) is 4.65. The lowest BCUT2D eigenvalue weighted by molar-refractivity contribution is -0.156. The molecule has 5 nitrogen and oxygen atoms in total. The Morgan fingerprint density at radius 1 is 1.47 bits per heavy atom. The molecule has 0 N–H and O–H groups in total. The van der Waals surface area contributed by atoms with E-state index in [1.165, 1.54) is 7.11 Å². The first-order chi connectivity index (χ1) is 7.15. The molecule has 0 amide bonds. The zero-order valence-electron chi connectivity index (χ0n) is 8.14. The van der Waals surface area contributed by atoms with E-state index >= 15 is 0 Å². The van der Waals surface area contributed by atoms with Gasteiger partial charge in [-0.3, -0.25) is 14.4 Å². The number of hydrogen-bond acceptors (Lipinski definition) is 5. The lowest BCUT2D eigenvalue weighted by Gasteiger charge is -2.22. The second-order valence-corrected chi connectivity index (χ2v) is 3.59. The summed E-state index contributed by atoms with van der Waals surface area (Å²) in [7, 11) is 1.25. The van der Waals surface area contributed by atoms with Gasteiger partial charge in [-0.05, 0) is 6.42 Å². The SMILES string of the molecule is COC(=O)C1C=CCC2C(=O)OC(=O)C12. The number of fused-ring (bicyclic) bond motifs is 1. The van der Waals surface area contributed by atoms with Crippen LogP contribution >= 0.6 is 0 Å². The normalized spacial score (nSPS) is 33.5. The number of carbonyl (C=O) groups excluding carboxylic acids is 3. The molecule has 1 aliphatic heterocycles. The van der Waals surface area contributed by atoms with E-state index in [1.807, 2.05) is 0 Å². The van der Waals surface area contributed by atoms with Crippen LogP contribution in [0.2, 0.25) is 0 Å². The van der Waals surface area contributed by atoms with E-state index in [4.69, 9.17) is 0 Å². The Morgan fingerprint density at radius 2 is 2.20 bits per heavy atom. The highest BCUT2D eigenvalue weighted by Crippen LogP contribution is 2.37. The van der Waals surface area contributed by atoms with Crippen LogP contribution in [0.1, 0.15) is 6.42 Å². The molecule has 1 aliphatic carbocycles. The van der Waals surface area contributed by atoms with Gasteiger partial charge in [-0.25, -0.2) is 0 Å². The molecule has 2 aliphatic rings. The van der Waals surface area contributed by atoms with Crippen molar-refractivity contribution in [3.63, 3.8) is 0 Å². The largest absolute Gasteiger partial charge is 0.469 e. The minimum atomic E-state index is -0.699. The van der Waals surface area contributed by atoms with Crippen molar-refractivity contribution in [3.05, 3.63) is 12.2 Å². The van der Waals surface area contributed by atoms with Crippen LogP contribution in [0, 0.1) is 17.8 Å². The van der Waals surface area contributed by atoms with Crippen molar-refractivity contribution < 1.29 is 23.9 Å². The molecular weight excluding hydrogens is 200 g/mol. The van der Waals surface area contributed by atoms with E-state index in [1.54, 1.807) is 12.2 Å². The van der Waals surface area contributed by atoms with Gasteiger partial charge in [0.05, 0.1) is 24.9 Å². The van der Waals surface area contributed by atoms with Gasteiger partial charge in [0.15, 0.2) is 0 Å². The highest BCUT2D eigenvalue weighted by atomic mass is 16.6. The second kappa shape index (κ2) is 3.49. The maximum absolute atomic E-state index is 11.4. The average Bonchev–Trinajstić information content (AvgIpc) is 2.54. The third-order valence-electron chi connectivity index (χ3n) is 2.80. The smallest absolute Gasteiger partial charge is 0.318 e. The van der Waals surface area contributed by atoms with Gasteiger partial charge < -0.3 is 9.47 Å². The Morgan fingerprint density at radius 3 is 2.87 bits per heavy atom. The van der Waals surface area contributed by atoms with E-state index in [9.17, 15) is 14.4 Å². The van der Waals surface area contributed by atoms with Gasteiger partial charge in [0.2, 0.25) is 0 Å². The Bertz CT molecular complexity index is 357. The topological polar surface area (TPSA) is 69.7 Å². The Hall–Kier alpha value is -1.65. The highest BCUT2D eigenvalue weighted by Gasteiger charge is 2.51. The zero-order valence-corrected chi connectivity index (χ0v) is 8.14. The van der Waals surface area contributed by atoms with E-state index in [0.717, 1.165) is 0 Å². The molecule has 3 unspecified atom stereocenters. The van der Waals surface area contributed by atoms with Crippen LogP contribution in [0.25, 0.3) is 0 Å². The second-order valence-electron chi connectivity index (χ2n) is 3.59. The highest BCUT2D eigenvalue weighted by molar-refractivity contribution is 5.99. The van der Waals surface area contributed by atoms with Crippen LogP contribution in [0.15, 0.2) is 12.2 Å². The van der Waals surface area contributed by atoms with Crippen molar-refractivity contribution in [2.24, 2.45) is 17.8 Å². The van der Waals surface area contributed by atoms with Gasteiger partial charge in [0.25, 0.3) is 0 Å². The fraction of sp³-hybridized carbons (Fsp3) is 0.500. The quantitative estimate of drug-likeness (QED) is 0.347. The van der Waals surface area contributed by atoms with Crippen molar-refractivity contribution in [3.8, 4) is 0 Å². The number of rotatable bonds is 1. The monoisotopic (exact) mass is 210 g/mol. The maximum atomic E-state index is 11.4. The maximum Gasteiger partial charge on any atom is 0.318 e. The minimum absolute atomic E-state index is 0.447. The Kier molecular flexibility index (Phi) is 2.30. The van der Waals surface area contributed by atoms with Crippen molar-refractivity contribution >= 4 is 17.9 Å². The van der Waals surface area contributed by atoms with E-state index in [0.29, 0.717) is 6.42 Å². The minimum Gasteiger partial charge on any atom is -0.469 e. The molecule has 0 saturated carbocycles. The number of ether oxygens (including phenoxy) is 2. The van der Waals surface area contributed by atoms with Crippen molar-refractivity contribution in [1.82, 2.24) is 0 Å². The first kappa shape index (κ1) is 9.89. The number of hydrogen-bond donors (Lipinski definition) is 0. The van der Waals surface area contributed by atoms with Crippen LogP contribution in [0.5, 0.6) is 0 Å². The van der Waals surface area contributed by atoms with E-state index < -0.39 is 35.7 Å². The Labute approximate surface area is 86.0 Å². The van der Waals surface area contributed by atoms with E-state index in [2.05, 4.69) is 9.47 Å². The molecule has 1 fully saturated rings. The molecule has 2 rings (SSSR count). The fourth-order valence-corrected chi connectivity index (χ4v) is 2.05. The summed E-state index contributed by atoms with van der Waals surface area (Å²) in [5, 5.41) is 0. The molecule has 3 atom stereocenters. The van der Waals surface area contributed by atoms with Gasteiger partial charge in [-0.2, -0.15) is 0 Å². The summed E-state index contributed by atoms with van der Waals surface area (Å²) in [4.78, 5) is 34.0. The summed E-state index contributed by atoms with van der Waals surface area (Å²) in [6.45, 7) is 0. The lowest BCUT2D eigenvalue weighted by atomic mass is 9.77. The molecule has 0 bridgehead atoms. The van der Waals surface area contributed by atoms with Crippen LogP contribution in [-0.4, -0.2) is 25.0 Å². The predicted octanol–water partition coefficient (Wildman–Crippen LogP) is 0.0513.